The zero-order valence-corrected chi connectivity index (χ0v) is 16.8. The zero-order valence-electron chi connectivity index (χ0n) is 16.8. The Balaban J connectivity index is 1.61. The first-order valence-electron chi connectivity index (χ1n) is 9.65. The van der Waals surface area contributed by atoms with Crippen LogP contribution in [-0.2, 0) is 4.79 Å². The molecule has 2 saturated heterocycles. The van der Waals surface area contributed by atoms with Gasteiger partial charge in [-0.2, -0.15) is 0 Å². The molecule has 0 aliphatic carbocycles. The summed E-state index contributed by atoms with van der Waals surface area (Å²) in [4.78, 5) is 36.2. The van der Waals surface area contributed by atoms with Gasteiger partial charge in [0.05, 0.1) is 6.04 Å². The summed E-state index contributed by atoms with van der Waals surface area (Å²) in [6, 6.07) is 7.64. The highest BCUT2D eigenvalue weighted by Crippen LogP contribution is 2.31. The van der Waals surface area contributed by atoms with Crippen LogP contribution in [0.25, 0.3) is 11.3 Å². The molecule has 0 N–H and O–H groups in total. The smallest absolute Gasteiger partial charge is 0.277 e. The lowest BCUT2D eigenvalue weighted by Gasteiger charge is -2.41. The molecule has 7 nitrogen and oxygen atoms in total. The van der Waals surface area contributed by atoms with E-state index in [0.29, 0.717) is 18.3 Å². The van der Waals surface area contributed by atoms with Gasteiger partial charge in [-0.3, -0.25) is 9.59 Å². The molecular formula is C21H26N4O3. The normalized spacial score (nSPS) is 24.8. The fourth-order valence-electron chi connectivity index (χ4n) is 4.25. The van der Waals surface area contributed by atoms with E-state index in [1.165, 1.54) is 6.39 Å². The van der Waals surface area contributed by atoms with Crippen LogP contribution >= 0.6 is 0 Å². The van der Waals surface area contributed by atoms with Crippen LogP contribution in [0.4, 0.5) is 0 Å². The first-order chi connectivity index (χ1) is 13.4. The fourth-order valence-corrected chi connectivity index (χ4v) is 4.25. The van der Waals surface area contributed by atoms with Gasteiger partial charge in [-0.25, -0.2) is 4.98 Å². The summed E-state index contributed by atoms with van der Waals surface area (Å²) in [6.45, 7) is 5.03. The highest BCUT2D eigenvalue weighted by molar-refractivity contribution is 6.00. The van der Waals surface area contributed by atoms with Gasteiger partial charge in [-0.1, -0.05) is 23.8 Å². The van der Waals surface area contributed by atoms with E-state index in [0.717, 1.165) is 24.1 Å². The molecule has 1 aromatic heterocycles. The molecule has 2 aliphatic rings. The second kappa shape index (κ2) is 7.05. The van der Waals surface area contributed by atoms with Crippen molar-refractivity contribution in [3.05, 3.63) is 41.9 Å². The highest BCUT2D eigenvalue weighted by Gasteiger charge is 2.46. The number of fused-ring (bicyclic) bond motifs is 1. The number of benzene rings is 1. The van der Waals surface area contributed by atoms with E-state index in [4.69, 9.17) is 4.42 Å². The molecular weight excluding hydrogens is 356 g/mol. The number of carbonyl (C=O) groups is 2. The van der Waals surface area contributed by atoms with Crippen molar-refractivity contribution in [2.45, 2.75) is 38.4 Å². The third-order valence-corrected chi connectivity index (χ3v) is 5.95. The topological polar surface area (TPSA) is 69.9 Å². The molecule has 0 bridgehead atoms. The van der Waals surface area contributed by atoms with Gasteiger partial charge in [0, 0.05) is 24.7 Å². The third-order valence-electron chi connectivity index (χ3n) is 5.95. The lowest BCUT2D eigenvalue weighted by Crippen LogP contribution is -2.60. The maximum absolute atomic E-state index is 13.3. The monoisotopic (exact) mass is 382 g/mol. The minimum atomic E-state index is -0.508. The van der Waals surface area contributed by atoms with Gasteiger partial charge in [0.1, 0.15) is 6.04 Å². The van der Waals surface area contributed by atoms with Crippen LogP contribution in [0.2, 0.25) is 0 Å². The first kappa shape index (κ1) is 18.7. The SMILES string of the molecule is Cc1cccc(-c2ocnc2C(=O)N2C[C@@H]3C[C@H](N(C)C)CN3C(=O)[C@@H]2C)c1. The van der Waals surface area contributed by atoms with Gasteiger partial charge in [0.25, 0.3) is 5.91 Å². The quantitative estimate of drug-likeness (QED) is 0.812. The molecule has 2 amide bonds. The fraction of sp³-hybridized carbons (Fsp3) is 0.476. The average molecular weight is 382 g/mol. The van der Waals surface area contributed by atoms with Crippen molar-refractivity contribution < 1.29 is 14.0 Å². The molecule has 148 valence electrons. The predicted octanol–water partition coefficient (Wildman–Crippen LogP) is 2.03. The Morgan fingerprint density at radius 2 is 2.07 bits per heavy atom. The predicted molar refractivity (Wildman–Crippen MR) is 105 cm³/mol. The number of aromatic nitrogens is 1. The van der Waals surface area contributed by atoms with Crippen molar-refractivity contribution >= 4 is 11.8 Å². The first-order valence-corrected chi connectivity index (χ1v) is 9.65. The van der Waals surface area contributed by atoms with Gasteiger partial charge >= 0.3 is 0 Å². The summed E-state index contributed by atoms with van der Waals surface area (Å²) < 4.78 is 5.55. The Morgan fingerprint density at radius 1 is 1.29 bits per heavy atom. The summed E-state index contributed by atoms with van der Waals surface area (Å²) >= 11 is 0. The Kier molecular flexibility index (Phi) is 4.71. The van der Waals surface area contributed by atoms with Gasteiger partial charge in [0.2, 0.25) is 5.91 Å². The van der Waals surface area contributed by atoms with Gasteiger partial charge in [0.15, 0.2) is 17.8 Å². The summed E-state index contributed by atoms with van der Waals surface area (Å²) in [5, 5.41) is 0. The van der Waals surface area contributed by atoms with Crippen molar-refractivity contribution in [2.24, 2.45) is 0 Å². The maximum Gasteiger partial charge on any atom is 0.277 e. The van der Waals surface area contributed by atoms with Crippen LogP contribution in [0.3, 0.4) is 0 Å². The minimum Gasteiger partial charge on any atom is -0.443 e. The molecule has 0 spiro atoms. The molecule has 0 saturated carbocycles. The molecule has 3 heterocycles. The number of likely N-dealkylation sites (N-methyl/N-ethyl adjacent to an activating group) is 1. The summed E-state index contributed by atoms with van der Waals surface area (Å²) in [6.07, 6.45) is 2.17. The van der Waals surface area contributed by atoms with Crippen molar-refractivity contribution in [1.29, 1.82) is 0 Å². The highest BCUT2D eigenvalue weighted by atomic mass is 16.3. The number of nitrogens with zero attached hydrogens (tertiary/aromatic N) is 4. The van der Waals surface area contributed by atoms with E-state index < -0.39 is 6.04 Å². The number of piperazine rings is 1. The van der Waals surface area contributed by atoms with E-state index >= 15 is 0 Å². The molecule has 0 radical (unpaired) electrons. The molecule has 3 atom stereocenters. The van der Waals surface area contributed by atoms with Crippen LogP contribution in [0.15, 0.2) is 35.1 Å². The molecule has 1 aromatic carbocycles. The van der Waals surface area contributed by atoms with Crippen LogP contribution in [-0.4, -0.2) is 76.8 Å². The van der Waals surface area contributed by atoms with E-state index in [1.54, 1.807) is 11.8 Å². The number of carbonyl (C=O) groups excluding carboxylic acids is 2. The van der Waals surface area contributed by atoms with Gasteiger partial charge in [-0.15, -0.1) is 0 Å². The zero-order chi connectivity index (χ0) is 20.0. The molecule has 2 fully saturated rings. The Bertz CT molecular complexity index is 907. The van der Waals surface area contributed by atoms with Crippen LogP contribution in [0.1, 0.15) is 29.4 Å². The van der Waals surface area contributed by atoms with E-state index in [-0.39, 0.29) is 23.6 Å². The van der Waals surface area contributed by atoms with Crippen molar-refractivity contribution in [2.75, 3.05) is 27.2 Å². The second-order valence-electron chi connectivity index (χ2n) is 8.03. The molecule has 28 heavy (non-hydrogen) atoms. The average Bonchev–Trinajstić information content (AvgIpc) is 3.31. The third kappa shape index (κ3) is 3.09. The summed E-state index contributed by atoms with van der Waals surface area (Å²) in [5.74, 6) is 0.210. The molecule has 4 rings (SSSR count). The van der Waals surface area contributed by atoms with Crippen molar-refractivity contribution in [3.63, 3.8) is 0 Å². The number of amides is 2. The number of aryl methyl sites for hydroxylation is 1. The lowest BCUT2D eigenvalue weighted by atomic mass is 10.0. The van der Waals surface area contributed by atoms with E-state index in [1.807, 2.05) is 50.2 Å². The van der Waals surface area contributed by atoms with Gasteiger partial charge in [-0.05, 0) is 40.4 Å². The Morgan fingerprint density at radius 3 is 2.79 bits per heavy atom. The van der Waals surface area contributed by atoms with Crippen LogP contribution < -0.4 is 0 Å². The Hall–Kier alpha value is -2.67. The summed E-state index contributed by atoms with van der Waals surface area (Å²) in [7, 11) is 4.06. The molecule has 2 aromatic rings. The standard InChI is InChI=1S/C21H26N4O3/c1-13-6-5-7-15(8-13)19-18(22-12-28-19)21(27)24-11-17-9-16(23(3)4)10-25(17)20(26)14(24)2/h5-8,12,14,16-17H,9-11H2,1-4H3/t14-,16-,17-/m0/s1. The van der Waals surface area contributed by atoms with Crippen LogP contribution in [0.5, 0.6) is 0 Å². The molecule has 7 heteroatoms. The van der Waals surface area contributed by atoms with E-state index in [9.17, 15) is 9.59 Å². The van der Waals surface area contributed by atoms with Gasteiger partial charge < -0.3 is 19.1 Å². The number of hydrogen-bond acceptors (Lipinski definition) is 5. The van der Waals surface area contributed by atoms with E-state index in [2.05, 4.69) is 9.88 Å². The minimum absolute atomic E-state index is 0.00884. The number of oxazole rings is 1. The second-order valence-corrected chi connectivity index (χ2v) is 8.03. The maximum atomic E-state index is 13.3. The number of rotatable bonds is 3. The summed E-state index contributed by atoms with van der Waals surface area (Å²) in [5.41, 5.74) is 2.15. The number of hydrogen-bond donors (Lipinski definition) is 0. The van der Waals surface area contributed by atoms with Crippen molar-refractivity contribution in [3.8, 4) is 11.3 Å². The Labute approximate surface area is 164 Å². The van der Waals surface area contributed by atoms with Crippen LogP contribution in [0, 0.1) is 6.92 Å². The van der Waals surface area contributed by atoms with Crippen molar-refractivity contribution in [1.82, 2.24) is 19.7 Å². The molecule has 0 unspecified atom stereocenters. The molecule has 2 aliphatic heterocycles. The lowest BCUT2D eigenvalue weighted by molar-refractivity contribution is -0.141. The largest absolute Gasteiger partial charge is 0.443 e.